The van der Waals surface area contributed by atoms with E-state index < -0.39 is 0 Å². The van der Waals surface area contributed by atoms with Crippen LogP contribution in [0.1, 0.15) is 57.6 Å². The molecule has 0 bridgehead atoms. The molecule has 0 aliphatic carbocycles. The Balaban J connectivity index is 2.31. The molecular formula is C16H25N. The Hall–Kier alpha value is -0.820. The van der Waals surface area contributed by atoms with Crippen LogP contribution in [0, 0.1) is 5.92 Å². The van der Waals surface area contributed by atoms with Crippen LogP contribution in [0.3, 0.4) is 0 Å². The van der Waals surface area contributed by atoms with E-state index in [9.17, 15) is 0 Å². The van der Waals surface area contributed by atoms with Gasteiger partial charge in [-0.3, -0.25) is 0 Å². The number of hydrogen-bond acceptors (Lipinski definition) is 1. The van der Waals surface area contributed by atoms with Gasteiger partial charge in [-0.2, -0.15) is 0 Å². The molecule has 1 aromatic rings. The van der Waals surface area contributed by atoms with Crippen LogP contribution in [-0.2, 0) is 5.54 Å². The topological polar surface area (TPSA) is 12.0 Å². The van der Waals surface area contributed by atoms with Crippen molar-refractivity contribution in [3.8, 4) is 0 Å². The van der Waals surface area contributed by atoms with Crippen LogP contribution in [0.4, 0.5) is 0 Å². The van der Waals surface area contributed by atoms with Gasteiger partial charge < -0.3 is 5.32 Å². The van der Waals surface area contributed by atoms with Crippen LogP contribution >= 0.6 is 0 Å². The van der Waals surface area contributed by atoms with Crippen molar-refractivity contribution in [2.24, 2.45) is 5.92 Å². The molecule has 1 atom stereocenters. The Bertz CT molecular complexity index is 356. The Labute approximate surface area is 106 Å². The normalized spacial score (nSPS) is 24.8. The third kappa shape index (κ3) is 2.26. The molecule has 1 aliphatic heterocycles. The molecule has 1 saturated heterocycles. The summed E-state index contributed by atoms with van der Waals surface area (Å²) in [4.78, 5) is 0. The molecule has 0 amide bonds. The Morgan fingerprint density at radius 2 is 1.71 bits per heavy atom. The molecule has 1 nitrogen and oxygen atoms in total. The van der Waals surface area contributed by atoms with Crippen molar-refractivity contribution >= 4 is 0 Å². The largest absolute Gasteiger partial charge is 0.307 e. The predicted molar refractivity (Wildman–Crippen MR) is 74.3 cm³/mol. The molecular weight excluding hydrogens is 206 g/mol. The van der Waals surface area contributed by atoms with Gasteiger partial charge in [0, 0.05) is 5.54 Å². The highest BCUT2D eigenvalue weighted by molar-refractivity contribution is 5.31. The van der Waals surface area contributed by atoms with Gasteiger partial charge in [0.25, 0.3) is 0 Å². The Morgan fingerprint density at radius 1 is 1.06 bits per heavy atom. The summed E-state index contributed by atoms with van der Waals surface area (Å²) in [7, 11) is 0. The molecule has 1 aliphatic rings. The maximum atomic E-state index is 3.73. The van der Waals surface area contributed by atoms with Gasteiger partial charge in [0.2, 0.25) is 0 Å². The zero-order valence-electron chi connectivity index (χ0n) is 11.6. The van der Waals surface area contributed by atoms with Crippen molar-refractivity contribution in [3.05, 3.63) is 35.4 Å². The smallest absolute Gasteiger partial charge is 0.0458 e. The fourth-order valence-corrected chi connectivity index (χ4v) is 3.01. The lowest BCUT2D eigenvalue weighted by Crippen LogP contribution is -2.41. The van der Waals surface area contributed by atoms with Gasteiger partial charge in [0.05, 0.1) is 0 Å². The van der Waals surface area contributed by atoms with E-state index in [1.807, 2.05) is 0 Å². The van der Waals surface area contributed by atoms with Gasteiger partial charge in [-0.1, -0.05) is 52.0 Å². The highest BCUT2D eigenvalue weighted by atomic mass is 15.0. The second kappa shape index (κ2) is 4.81. The van der Waals surface area contributed by atoms with Crippen molar-refractivity contribution < 1.29 is 0 Å². The van der Waals surface area contributed by atoms with E-state index in [1.54, 1.807) is 0 Å². The first-order valence-corrected chi connectivity index (χ1v) is 6.92. The Kier molecular flexibility index (Phi) is 3.58. The molecule has 1 heteroatoms. The van der Waals surface area contributed by atoms with Crippen LogP contribution in [0.5, 0.6) is 0 Å². The summed E-state index contributed by atoms with van der Waals surface area (Å²) in [6.07, 6.45) is 2.57. The summed E-state index contributed by atoms with van der Waals surface area (Å²) in [6, 6.07) is 9.25. The van der Waals surface area contributed by atoms with Crippen molar-refractivity contribution in [3.63, 3.8) is 0 Å². The fraction of sp³-hybridized carbons (Fsp3) is 0.625. The number of rotatable bonds is 3. The maximum Gasteiger partial charge on any atom is 0.0458 e. The molecule has 94 valence electrons. The summed E-state index contributed by atoms with van der Waals surface area (Å²) in [5.74, 6) is 1.27. The SMILES string of the molecule is CC(C)c1ccc(C2(C(C)C)CCCN2)cc1. The molecule has 17 heavy (non-hydrogen) atoms. The summed E-state index contributed by atoms with van der Waals surface area (Å²) in [5.41, 5.74) is 3.12. The summed E-state index contributed by atoms with van der Waals surface area (Å²) >= 11 is 0. The standard InChI is InChI=1S/C16H25N/c1-12(2)14-6-8-15(9-7-14)16(13(3)4)10-5-11-17-16/h6-9,12-13,17H,5,10-11H2,1-4H3. The summed E-state index contributed by atoms with van der Waals surface area (Å²) < 4.78 is 0. The minimum atomic E-state index is 0.218. The lowest BCUT2D eigenvalue weighted by molar-refractivity contribution is 0.277. The van der Waals surface area contributed by atoms with Crippen LogP contribution in [0.15, 0.2) is 24.3 Å². The first-order valence-electron chi connectivity index (χ1n) is 6.92. The van der Waals surface area contributed by atoms with Crippen molar-refractivity contribution in [1.82, 2.24) is 5.32 Å². The highest BCUT2D eigenvalue weighted by Crippen LogP contribution is 2.37. The molecule has 0 aromatic heterocycles. The van der Waals surface area contributed by atoms with Crippen LogP contribution in [0.2, 0.25) is 0 Å². The van der Waals surface area contributed by atoms with E-state index in [-0.39, 0.29) is 5.54 Å². The van der Waals surface area contributed by atoms with Crippen LogP contribution in [0.25, 0.3) is 0 Å². The molecule has 1 unspecified atom stereocenters. The van der Waals surface area contributed by atoms with Gasteiger partial charge >= 0.3 is 0 Å². The molecule has 0 radical (unpaired) electrons. The van der Waals surface area contributed by atoms with Crippen molar-refractivity contribution in [1.29, 1.82) is 0 Å². The van der Waals surface area contributed by atoms with E-state index in [1.165, 1.54) is 24.0 Å². The van der Waals surface area contributed by atoms with Crippen LogP contribution < -0.4 is 5.32 Å². The third-order valence-corrected chi connectivity index (χ3v) is 4.27. The quantitative estimate of drug-likeness (QED) is 0.827. The molecule has 1 N–H and O–H groups in total. The van der Waals surface area contributed by atoms with Gasteiger partial charge in [0.15, 0.2) is 0 Å². The second-order valence-electron chi connectivity index (χ2n) is 5.93. The zero-order chi connectivity index (χ0) is 12.5. The van der Waals surface area contributed by atoms with Gasteiger partial charge in [0.1, 0.15) is 0 Å². The lowest BCUT2D eigenvalue weighted by Gasteiger charge is -2.35. The molecule has 0 spiro atoms. The van der Waals surface area contributed by atoms with E-state index >= 15 is 0 Å². The fourth-order valence-electron chi connectivity index (χ4n) is 3.01. The van der Waals surface area contributed by atoms with E-state index in [0.717, 1.165) is 6.54 Å². The first-order chi connectivity index (χ1) is 8.06. The predicted octanol–water partition coefficient (Wildman–Crippen LogP) is 4.04. The second-order valence-corrected chi connectivity index (χ2v) is 5.93. The average molecular weight is 231 g/mol. The molecule has 1 aromatic carbocycles. The number of hydrogen-bond donors (Lipinski definition) is 1. The maximum absolute atomic E-state index is 3.73. The van der Waals surface area contributed by atoms with Gasteiger partial charge in [-0.15, -0.1) is 0 Å². The monoisotopic (exact) mass is 231 g/mol. The summed E-state index contributed by atoms with van der Waals surface area (Å²) in [6.45, 7) is 10.3. The minimum Gasteiger partial charge on any atom is -0.307 e. The Morgan fingerprint density at radius 3 is 2.12 bits per heavy atom. The summed E-state index contributed by atoms with van der Waals surface area (Å²) in [5, 5.41) is 3.73. The average Bonchev–Trinajstić information content (AvgIpc) is 2.79. The van der Waals surface area contributed by atoms with Gasteiger partial charge in [-0.25, -0.2) is 0 Å². The third-order valence-electron chi connectivity index (χ3n) is 4.27. The first kappa shape index (κ1) is 12.6. The van der Waals surface area contributed by atoms with Crippen LogP contribution in [-0.4, -0.2) is 6.54 Å². The van der Waals surface area contributed by atoms with Crippen molar-refractivity contribution in [2.75, 3.05) is 6.54 Å². The molecule has 1 heterocycles. The van der Waals surface area contributed by atoms with Crippen molar-refractivity contribution in [2.45, 2.75) is 52.0 Å². The lowest BCUT2D eigenvalue weighted by atomic mass is 9.78. The number of nitrogens with one attached hydrogen (secondary N) is 1. The molecule has 0 saturated carbocycles. The zero-order valence-corrected chi connectivity index (χ0v) is 11.6. The minimum absolute atomic E-state index is 0.218. The highest BCUT2D eigenvalue weighted by Gasteiger charge is 2.37. The van der Waals surface area contributed by atoms with E-state index in [2.05, 4.69) is 57.3 Å². The molecule has 1 fully saturated rings. The van der Waals surface area contributed by atoms with Gasteiger partial charge in [-0.05, 0) is 42.3 Å². The van der Waals surface area contributed by atoms with E-state index in [4.69, 9.17) is 0 Å². The van der Waals surface area contributed by atoms with E-state index in [0.29, 0.717) is 11.8 Å². The number of benzene rings is 1. The molecule has 2 rings (SSSR count).